The summed E-state index contributed by atoms with van der Waals surface area (Å²) in [6.45, 7) is 6.17. The normalized spacial score (nSPS) is 10.6. The third-order valence-electron chi connectivity index (χ3n) is 3.29. The van der Waals surface area contributed by atoms with Crippen molar-refractivity contribution < 1.29 is 9.90 Å². The summed E-state index contributed by atoms with van der Waals surface area (Å²) < 4.78 is 1.63. The summed E-state index contributed by atoms with van der Waals surface area (Å²) >= 11 is 0. The van der Waals surface area contributed by atoms with Crippen molar-refractivity contribution in [1.29, 1.82) is 0 Å². The number of aromatic hydroxyl groups is 1. The first-order valence-electron chi connectivity index (χ1n) is 6.55. The van der Waals surface area contributed by atoms with E-state index in [1.165, 1.54) is 0 Å². The highest BCUT2D eigenvalue weighted by Gasteiger charge is 2.21. The van der Waals surface area contributed by atoms with Crippen LogP contribution >= 0.6 is 0 Å². The summed E-state index contributed by atoms with van der Waals surface area (Å²) in [4.78, 5) is 14.3. The highest BCUT2D eigenvalue weighted by molar-refractivity contribution is 6.07. The van der Waals surface area contributed by atoms with E-state index in [0.717, 1.165) is 11.3 Å². The Balaban J connectivity index is 2.44. The van der Waals surface area contributed by atoms with Crippen molar-refractivity contribution in [1.82, 2.24) is 9.78 Å². The van der Waals surface area contributed by atoms with E-state index in [-0.39, 0.29) is 11.7 Å². The Morgan fingerprint density at radius 3 is 2.65 bits per heavy atom. The van der Waals surface area contributed by atoms with Gasteiger partial charge in [-0.25, -0.2) is 0 Å². The molecule has 1 aromatic carbocycles. The highest BCUT2D eigenvalue weighted by atomic mass is 16.3. The number of benzene rings is 1. The molecule has 0 saturated heterocycles. The van der Waals surface area contributed by atoms with Crippen molar-refractivity contribution in [2.24, 2.45) is 7.05 Å². The van der Waals surface area contributed by atoms with Crippen molar-refractivity contribution in [3.05, 3.63) is 41.2 Å². The van der Waals surface area contributed by atoms with Crippen LogP contribution in [0, 0.1) is 13.8 Å². The SMILES string of the molecule is CCN(C(=O)c1cn(C)nc1C)c1cc(O)ccc1C. The van der Waals surface area contributed by atoms with Gasteiger partial charge in [0.2, 0.25) is 0 Å². The van der Waals surface area contributed by atoms with E-state index < -0.39 is 0 Å². The predicted octanol–water partition coefficient (Wildman–Crippen LogP) is 2.41. The lowest BCUT2D eigenvalue weighted by Gasteiger charge is -2.23. The van der Waals surface area contributed by atoms with Crippen molar-refractivity contribution in [3.8, 4) is 5.75 Å². The molecule has 1 aromatic heterocycles. The molecule has 0 aliphatic carbocycles. The number of carbonyl (C=O) groups excluding carboxylic acids is 1. The van der Waals surface area contributed by atoms with Crippen molar-refractivity contribution >= 4 is 11.6 Å². The number of phenols is 1. The summed E-state index contributed by atoms with van der Waals surface area (Å²) in [5, 5.41) is 13.8. The van der Waals surface area contributed by atoms with E-state index in [1.807, 2.05) is 20.8 Å². The van der Waals surface area contributed by atoms with Crippen LogP contribution in [0.4, 0.5) is 5.69 Å². The summed E-state index contributed by atoms with van der Waals surface area (Å²) in [5.74, 6) is 0.0477. The number of rotatable bonds is 3. The van der Waals surface area contributed by atoms with Gasteiger partial charge in [0.05, 0.1) is 16.9 Å². The fourth-order valence-electron chi connectivity index (χ4n) is 2.27. The van der Waals surface area contributed by atoms with Gasteiger partial charge in [-0.2, -0.15) is 5.10 Å². The summed E-state index contributed by atoms with van der Waals surface area (Å²) in [6, 6.07) is 5.03. The van der Waals surface area contributed by atoms with Crippen LogP contribution in [0.15, 0.2) is 24.4 Å². The fraction of sp³-hybridized carbons (Fsp3) is 0.333. The maximum atomic E-state index is 12.7. The lowest BCUT2D eigenvalue weighted by atomic mass is 10.1. The predicted molar refractivity (Wildman–Crippen MR) is 78.1 cm³/mol. The summed E-state index contributed by atoms with van der Waals surface area (Å²) in [7, 11) is 1.79. The van der Waals surface area contributed by atoms with E-state index >= 15 is 0 Å². The van der Waals surface area contributed by atoms with E-state index in [1.54, 1.807) is 41.0 Å². The average molecular weight is 273 g/mol. The van der Waals surface area contributed by atoms with Gasteiger partial charge in [-0.05, 0) is 32.4 Å². The molecule has 106 valence electrons. The van der Waals surface area contributed by atoms with E-state index in [9.17, 15) is 9.90 Å². The summed E-state index contributed by atoms with van der Waals surface area (Å²) in [6.07, 6.45) is 1.72. The van der Waals surface area contributed by atoms with Gasteiger partial charge in [0.25, 0.3) is 5.91 Å². The van der Waals surface area contributed by atoms with Gasteiger partial charge >= 0.3 is 0 Å². The molecule has 20 heavy (non-hydrogen) atoms. The van der Waals surface area contributed by atoms with Crippen LogP contribution in [-0.2, 0) is 7.05 Å². The number of hydrogen-bond donors (Lipinski definition) is 1. The molecule has 0 bridgehead atoms. The molecule has 2 rings (SSSR count). The van der Waals surface area contributed by atoms with Crippen LogP contribution in [0.2, 0.25) is 0 Å². The second kappa shape index (κ2) is 5.36. The van der Waals surface area contributed by atoms with Crippen molar-refractivity contribution in [2.45, 2.75) is 20.8 Å². The molecule has 0 radical (unpaired) electrons. The van der Waals surface area contributed by atoms with Crippen LogP contribution in [0.5, 0.6) is 5.75 Å². The molecule has 0 spiro atoms. The quantitative estimate of drug-likeness (QED) is 0.934. The minimum Gasteiger partial charge on any atom is -0.508 e. The zero-order chi connectivity index (χ0) is 14.9. The molecule has 0 atom stereocenters. The molecule has 0 aliphatic heterocycles. The number of amides is 1. The van der Waals surface area contributed by atoms with Gasteiger partial charge < -0.3 is 10.0 Å². The van der Waals surface area contributed by atoms with Crippen LogP contribution < -0.4 is 4.90 Å². The van der Waals surface area contributed by atoms with Crippen LogP contribution in [0.3, 0.4) is 0 Å². The number of nitrogens with zero attached hydrogens (tertiary/aromatic N) is 3. The number of phenolic OH excluding ortho intramolecular Hbond substituents is 1. The molecule has 0 aliphatic rings. The lowest BCUT2D eigenvalue weighted by Crippen LogP contribution is -2.31. The maximum Gasteiger partial charge on any atom is 0.261 e. The van der Waals surface area contributed by atoms with E-state index in [0.29, 0.717) is 17.8 Å². The number of aromatic nitrogens is 2. The summed E-state index contributed by atoms with van der Waals surface area (Å²) in [5.41, 5.74) is 2.95. The first kappa shape index (κ1) is 14.1. The van der Waals surface area contributed by atoms with Crippen LogP contribution in [-0.4, -0.2) is 27.3 Å². The molecule has 0 unspecified atom stereocenters. The Hall–Kier alpha value is -2.30. The number of anilines is 1. The van der Waals surface area contributed by atoms with Gasteiger partial charge in [-0.1, -0.05) is 6.07 Å². The second-order valence-corrected chi connectivity index (χ2v) is 4.82. The second-order valence-electron chi connectivity index (χ2n) is 4.82. The van der Waals surface area contributed by atoms with Crippen LogP contribution in [0.25, 0.3) is 0 Å². The Kier molecular flexibility index (Phi) is 3.79. The van der Waals surface area contributed by atoms with Crippen LogP contribution in [0.1, 0.15) is 28.5 Å². The molecule has 2 aromatic rings. The molecular formula is C15H19N3O2. The number of carbonyl (C=O) groups is 1. The minimum atomic E-state index is -0.105. The Morgan fingerprint density at radius 2 is 2.10 bits per heavy atom. The van der Waals surface area contributed by atoms with Gasteiger partial charge in [0.15, 0.2) is 0 Å². The number of hydrogen-bond acceptors (Lipinski definition) is 3. The molecular weight excluding hydrogens is 254 g/mol. The lowest BCUT2D eigenvalue weighted by molar-refractivity contribution is 0.0987. The fourth-order valence-corrected chi connectivity index (χ4v) is 2.27. The average Bonchev–Trinajstić information content (AvgIpc) is 2.73. The zero-order valence-corrected chi connectivity index (χ0v) is 12.2. The minimum absolute atomic E-state index is 0.105. The van der Waals surface area contributed by atoms with E-state index in [2.05, 4.69) is 5.10 Å². The topological polar surface area (TPSA) is 58.4 Å². The first-order valence-corrected chi connectivity index (χ1v) is 6.55. The Bertz CT molecular complexity index is 647. The van der Waals surface area contributed by atoms with Gasteiger partial charge in [-0.3, -0.25) is 9.48 Å². The third-order valence-corrected chi connectivity index (χ3v) is 3.29. The van der Waals surface area contributed by atoms with Gasteiger partial charge in [-0.15, -0.1) is 0 Å². The Morgan fingerprint density at radius 1 is 1.40 bits per heavy atom. The van der Waals surface area contributed by atoms with Gasteiger partial charge in [0.1, 0.15) is 5.75 Å². The molecule has 0 fully saturated rings. The smallest absolute Gasteiger partial charge is 0.261 e. The largest absolute Gasteiger partial charge is 0.508 e. The monoisotopic (exact) mass is 273 g/mol. The molecule has 5 heteroatoms. The Labute approximate surface area is 118 Å². The molecule has 1 heterocycles. The zero-order valence-electron chi connectivity index (χ0n) is 12.2. The molecule has 5 nitrogen and oxygen atoms in total. The molecule has 1 N–H and O–H groups in total. The van der Waals surface area contributed by atoms with Crippen molar-refractivity contribution in [3.63, 3.8) is 0 Å². The van der Waals surface area contributed by atoms with E-state index in [4.69, 9.17) is 0 Å². The third kappa shape index (κ3) is 2.52. The maximum absolute atomic E-state index is 12.7. The van der Waals surface area contributed by atoms with Crippen molar-refractivity contribution in [2.75, 3.05) is 11.4 Å². The number of aryl methyl sites for hydroxylation is 3. The molecule has 1 amide bonds. The first-order chi connectivity index (χ1) is 9.43. The highest BCUT2D eigenvalue weighted by Crippen LogP contribution is 2.26. The molecule has 0 saturated carbocycles. The standard InChI is InChI=1S/C15H19N3O2/c1-5-18(14-8-12(19)7-6-10(14)2)15(20)13-9-17(4)16-11(13)3/h6-9,19H,5H2,1-4H3. The van der Waals surface area contributed by atoms with Gasteiger partial charge in [0, 0.05) is 25.9 Å².